The number of hydrogen-bond acceptors (Lipinski definition) is 9. The molecule has 48 heavy (non-hydrogen) atoms. The van der Waals surface area contributed by atoms with Crippen molar-refractivity contribution in [3.05, 3.63) is 112 Å². The summed E-state index contributed by atoms with van der Waals surface area (Å²) in [6, 6.07) is 24.4. The van der Waals surface area contributed by atoms with Crippen LogP contribution in [0.1, 0.15) is 36.8 Å². The largest absolute Gasteiger partial charge is 0.497 e. The van der Waals surface area contributed by atoms with E-state index in [1.165, 1.54) is 10.9 Å². The fourth-order valence-corrected chi connectivity index (χ4v) is 5.78. The number of aliphatic hydroxyl groups excluding tert-OH is 1. The van der Waals surface area contributed by atoms with Crippen LogP contribution in [-0.4, -0.2) is 69.7 Å². The second-order valence-corrected chi connectivity index (χ2v) is 11.7. The van der Waals surface area contributed by atoms with Gasteiger partial charge in [-0.05, 0) is 41.0 Å². The number of benzene rings is 3. The van der Waals surface area contributed by atoms with Crippen molar-refractivity contribution in [3.63, 3.8) is 0 Å². The SMILES string of the molecule is COc1ccc(C(OC[C@H]2O[C@@H](n3cnc4c(=O)[nH]c(NC(=O)C(C)C)nc43)[C@@H](F)[C@@H]2O)(c2ccccc2)c2ccc(OC)cc2)cc1. The molecule has 0 unspecified atom stereocenters. The van der Waals surface area contributed by atoms with Crippen molar-refractivity contribution < 1.29 is 33.2 Å². The number of nitrogens with zero attached hydrogens (tertiary/aromatic N) is 3. The number of alkyl halides is 1. The lowest BCUT2D eigenvalue weighted by atomic mass is 9.80. The molecule has 4 atom stereocenters. The van der Waals surface area contributed by atoms with Gasteiger partial charge in [0.25, 0.3) is 5.56 Å². The van der Waals surface area contributed by atoms with Crippen LogP contribution in [0.4, 0.5) is 10.3 Å². The summed E-state index contributed by atoms with van der Waals surface area (Å²) in [6.45, 7) is 3.15. The van der Waals surface area contributed by atoms with Crippen LogP contribution in [0.15, 0.2) is 90.0 Å². The zero-order valence-corrected chi connectivity index (χ0v) is 26.8. The predicted octanol–water partition coefficient (Wildman–Crippen LogP) is 4.34. The quantitative estimate of drug-likeness (QED) is 0.176. The number of amides is 1. The van der Waals surface area contributed by atoms with E-state index in [-0.39, 0.29) is 35.5 Å². The van der Waals surface area contributed by atoms with E-state index < -0.39 is 35.8 Å². The van der Waals surface area contributed by atoms with Gasteiger partial charge in [-0.15, -0.1) is 0 Å². The Balaban J connectivity index is 1.36. The third-order valence-electron chi connectivity index (χ3n) is 8.40. The maximum absolute atomic E-state index is 15.9. The van der Waals surface area contributed by atoms with Gasteiger partial charge in [0, 0.05) is 5.92 Å². The molecule has 0 saturated carbocycles. The first-order valence-corrected chi connectivity index (χ1v) is 15.4. The van der Waals surface area contributed by atoms with Crippen LogP contribution in [0.5, 0.6) is 11.5 Å². The van der Waals surface area contributed by atoms with Gasteiger partial charge in [0.2, 0.25) is 11.9 Å². The molecule has 3 aromatic carbocycles. The number of rotatable bonds is 11. The average Bonchev–Trinajstić information content (AvgIpc) is 3.66. The van der Waals surface area contributed by atoms with E-state index in [0.717, 1.165) is 16.7 Å². The Morgan fingerprint density at radius 3 is 2.15 bits per heavy atom. The number of methoxy groups -OCH3 is 2. The number of imidazole rings is 1. The van der Waals surface area contributed by atoms with Crippen LogP contribution in [0, 0.1) is 5.92 Å². The normalized spacial score (nSPS) is 19.5. The van der Waals surface area contributed by atoms with Crippen LogP contribution in [0.25, 0.3) is 11.2 Å². The molecule has 5 aromatic rings. The summed E-state index contributed by atoms with van der Waals surface area (Å²) < 4.78 is 40.9. The smallest absolute Gasteiger partial charge is 0.280 e. The lowest BCUT2D eigenvalue weighted by molar-refractivity contribution is -0.118. The number of carbonyl (C=O) groups is 1. The van der Waals surface area contributed by atoms with Crippen molar-refractivity contribution in [2.24, 2.45) is 5.92 Å². The number of ether oxygens (including phenoxy) is 4. The number of hydrogen-bond donors (Lipinski definition) is 3. The lowest BCUT2D eigenvalue weighted by Gasteiger charge is -2.37. The fourth-order valence-electron chi connectivity index (χ4n) is 5.78. The summed E-state index contributed by atoms with van der Waals surface area (Å²) in [5.74, 6) is 0.444. The first kappa shape index (κ1) is 32.8. The van der Waals surface area contributed by atoms with Crippen molar-refractivity contribution in [1.29, 1.82) is 0 Å². The van der Waals surface area contributed by atoms with Crippen LogP contribution in [0.3, 0.4) is 0 Å². The molecule has 0 bridgehead atoms. The van der Waals surface area contributed by atoms with Gasteiger partial charge in [-0.25, -0.2) is 9.37 Å². The van der Waals surface area contributed by atoms with E-state index in [9.17, 15) is 14.7 Å². The second kappa shape index (κ2) is 13.6. The highest BCUT2D eigenvalue weighted by Crippen LogP contribution is 2.43. The van der Waals surface area contributed by atoms with Gasteiger partial charge >= 0.3 is 0 Å². The molecule has 3 N–H and O–H groups in total. The Kier molecular flexibility index (Phi) is 9.27. The summed E-state index contributed by atoms with van der Waals surface area (Å²) in [5.41, 5.74) is 0.326. The molecule has 1 saturated heterocycles. The number of nitrogens with one attached hydrogen (secondary N) is 2. The first-order chi connectivity index (χ1) is 23.2. The van der Waals surface area contributed by atoms with Crippen molar-refractivity contribution in [2.75, 3.05) is 26.1 Å². The highest BCUT2D eigenvalue weighted by atomic mass is 19.1. The number of fused-ring (bicyclic) bond motifs is 1. The molecule has 250 valence electrons. The standard InChI is InChI=1S/C35H36FN5O7/c1-20(2)31(43)39-34-38-30-28(32(44)40-34)37-19-41(30)33-27(36)29(42)26(48-33)18-47-35(21-8-6-5-7-9-21,22-10-14-24(45-3)15-11-22)23-12-16-25(46-4)17-13-23/h5-17,19-20,26-27,29,33,42H,18H2,1-4H3,(H2,38,39,40,43,44)/t26-,27+,29-,33-/m1/s1. The molecule has 2 aromatic heterocycles. The number of aliphatic hydroxyl groups is 1. The van der Waals surface area contributed by atoms with Crippen LogP contribution < -0.4 is 20.3 Å². The minimum atomic E-state index is -1.93. The monoisotopic (exact) mass is 657 g/mol. The van der Waals surface area contributed by atoms with Crippen LogP contribution in [0.2, 0.25) is 0 Å². The molecule has 12 nitrogen and oxygen atoms in total. The summed E-state index contributed by atoms with van der Waals surface area (Å²) >= 11 is 0. The number of aromatic nitrogens is 4. The first-order valence-electron chi connectivity index (χ1n) is 15.4. The Bertz CT molecular complexity index is 1880. The topological polar surface area (TPSA) is 150 Å². The number of halogens is 1. The summed E-state index contributed by atoms with van der Waals surface area (Å²) in [4.78, 5) is 35.9. The van der Waals surface area contributed by atoms with Gasteiger partial charge in [0.15, 0.2) is 23.6 Å². The van der Waals surface area contributed by atoms with Gasteiger partial charge in [-0.3, -0.25) is 24.5 Å². The van der Waals surface area contributed by atoms with Gasteiger partial charge in [-0.1, -0.05) is 68.4 Å². The van der Waals surface area contributed by atoms with Crippen molar-refractivity contribution >= 4 is 23.0 Å². The maximum Gasteiger partial charge on any atom is 0.280 e. The molecule has 0 aliphatic carbocycles. The second-order valence-electron chi connectivity index (χ2n) is 11.7. The van der Waals surface area contributed by atoms with E-state index in [2.05, 4.69) is 20.3 Å². The molecule has 0 spiro atoms. The minimum Gasteiger partial charge on any atom is -0.497 e. The van der Waals surface area contributed by atoms with E-state index in [0.29, 0.717) is 11.5 Å². The summed E-state index contributed by atoms with van der Waals surface area (Å²) in [7, 11) is 3.17. The van der Waals surface area contributed by atoms with E-state index in [1.807, 2.05) is 78.9 Å². The Morgan fingerprint density at radius 1 is 1.00 bits per heavy atom. The Hall–Kier alpha value is -5.11. The van der Waals surface area contributed by atoms with Gasteiger partial charge in [0.05, 0.1) is 27.2 Å². The number of aromatic amines is 1. The predicted molar refractivity (Wildman–Crippen MR) is 175 cm³/mol. The van der Waals surface area contributed by atoms with Crippen LogP contribution >= 0.6 is 0 Å². The van der Waals surface area contributed by atoms with E-state index >= 15 is 4.39 Å². The number of H-pyrrole nitrogens is 1. The zero-order valence-electron chi connectivity index (χ0n) is 26.8. The Labute approximate surface area is 275 Å². The van der Waals surface area contributed by atoms with Crippen molar-refractivity contribution in [3.8, 4) is 11.5 Å². The molecule has 1 fully saturated rings. The van der Waals surface area contributed by atoms with Gasteiger partial charge < -0.3 is 24.1 Å². The van der Waals surface area contributed by atoms with Crippen molar-refractivity contribution in [1.82, 2.24) is 19.5 Å². The number of anilines is 1. The highest BCUT2D eigenvalue weighted by molar-refractivity contribution is 5.91. The average molecular weight is 658 g/mol. The molecule has 13 heteroatoms. The van der Waals surface area contributed by atoms with Crippen LogP contribution in [-0.2, 0) is 19.9 Å². The third-order valence-corrected chi connectivity index (χ3v) is 8.40. The Morgan fingerprint density at radius 2 is 1.58 bits per heavy atom. The highest BCUT2D eigenvalue weighted by Gasteiger charge is 2.48. The molecule has 6 rings (SSSR count). The van der Waals surface area contributed by atoms with E-state index in [4.69, 9.17) is 18.9 Å². The minimum absolute atomic E-state index is 0.0191. The molecule has 1 aliphatic rings. The van der Waals surface area contributed by atoms with Crippen molar-refractivity contribution in [2.45, 2.75) is 44.1 Å². The van der Waals surface area contributed by atoms with E-state index in [1.54, 1.807) is 28.1 Å². The summed E-state index contributed by atoms with van der Waals surface area (Å²) in [5, 5.41) is 13.7. The zero-order chi connectivity index (χ0) is 34.0. The van der Waals surface area contributed by atoms with Gasteiger partial charge in [0.1, 0.15) is 29.3 Å². The lowest BCUT2D eigenvalue weighted by Crippen LogP contribution is -2.39. The molecule has 1 aliphatic heterocycles. The fraction of sp³-hybridized carbons (Fsp3) is 0.314. The number of carbonyl (C=O) groups excluding carboxylic acids is 1. The molecule has 0 radical (unpaired) electrons. The molecule has 1 amide bonds. The summed E-state index contributed by atoms with van der Waals surface area (Å²) in [6.07, 6.45) is -4.84. The van der Waals surface area contributed by atoms with Gasteiger partial charge in [-0.2, -0.15) is 4.98 Å². The molecule has 3 heterocycles. The molecular formula is C35H36FN5O7. The maximum atomic E-state index is 15.9. The third kappa shape index (κ3) is 6.03. The molecular weight excluding hydrogens is 621 g/mol.